The van der Waals surface area contributed by atoms with Gasteiger partial charge >= 0.3 is 6.03 Å². The van der Waals surface area contributed by atoms with Crippen LogP contribution in [-0.2, 0) is 31.2 Å². The van der Waals surface area contributed by atoms with Gasteiger partial charge in [0, 0.05) is 81.4 Å². The number of benzene rings is 2. The normalized spacial score (nSPS) is 18.8. The van der Waals surface area contributed by atoms with Crippen LogP contribution in [0.5, 0.6) is 0 Å². The van der Waals surface area contributed by atoms with Crippen LogP contribution in [0, 0.1) is 5.92 Å². The number of hydrogen-bond acceptors (Lipinski definition) is 4. The molecule has 1 aliphatic carbocycles. The molecule has 4 aliphatic rings. The fourth-order valence-corrected chi connectivity index (χ4v) is 7.39. The van der Waals surface area contributed by atoms with Gasteiger partial charge in [0.1, 0.15) is 0 Å². The maximum Gasteiger partial charge on any atom is 0.317 e. The highest BCUT2D eigenvalue weighted by atomic mass is 19.3. The van der Waals surface area contributed by atoms with Gasteiger partial charge in [-0.05, 0) is 96.9 Å². The number of carbonyl (C=O) groups excluding carboxylic acids is 2. The minimum atomic E-state index is -2.63. The van der Waals surface area contributed by atoms with Gasteiger partial charge in [-0.15, -0.1) is 0 Å². The van der Waals surface area contributed by atoms with Gasteiger partial charge < -0.3 is 20.0 Å². The van der Waals surface area contributed by atoms with Gasteiger partial charge in [-0.2, -0.15) is 5.10 Å². The smallest absolute Gasteiger partial charge is 0.317 e. The minimum absolute atomic E-state index is 0.00774. The maximum absolute atomic E-state index is 14.6. The molecule has 0 spiro atoms. The highest BCUT2D eigenvalue weighted by Gasteiger charge is 2.36. The maximum atomic E-state index is 14.6. The summed E-state index contributed by atoms with van der Waals surface area (Å²) in [7, 11) is 3.44. The van der Waals surface area contributed by atoms with Gasteiger partial charge in [-0.3, -0.25) is 9.48 Å². The summed E-state index contributed by atoms with van der Waals surface area (Å²) in [6.07, 6.45) is 7.12. The standard InChI is InChI=1S/C34H40F2N6O2/c1-37-34(44)41-13-9-23-14-25(21-7-11-40(12-8-21)33(43)22-5-6-22)16-31(29(23)20-41)42-10-3-4-24-15-27(26-18-38-39(2)19-26)28(32(35)36)17-30(24)42/h14-19,21-22,32H,3-13,20H2,1-2H3,(H,37,44). The van der Waals surface area contributed by atoms with Crippen LogP contribution < -0.4 is 10.2 Å². The number of aryl methyl sites for hydroxylation is 2. The van der Waals surface area contributed by atoms with Crippen molar-refractivity contribution in [3.05, 3.63) is 64.5 Å². The molecule has 7 rings (SSSR count). The zero-order chi connectivity index (χ0) is 30.5. The summed E-state index contributed by atoms with van der Waals surface area (Å²) in [6, 6.07) is 8.06. The number of alkyl halides is 2. The lowest BCUT2D eigenvalue weighted by molar-refractivity contribution is -0.133. The molecule has 1 saturated carbocycles. The first-order valence-electron chi connectivity index (χ1n) is 15.9. The molecule has 0 atom stereocenters. The first-order valence-corrected chi connectivity index (χ1v) is 15.9. The van der Waals surface area contributed by atoms with Crippen molar-refractivity contribution in [2.75, 3.05) is 38.1 Å². The Kier molecular flexibility index (Phi) is 7.54. The second-order valence-electron chi connectivity index (χ2n) is 12.8. The van der Waals surface area contributed by atoms with Crippen LogP contribution in [0.4, 0.5) is 25.0 Å². The summed E-state index contributed by atoms with van der Waals surface area (Å²) < 4.78 is 30.8. The molecule has 2 aromatic carbocycles. The highest BCUT2D eigenvalue weighted by molar-refractivity contribution is 5.81. The lowest BCUT2D eigenvalue weighted by atomic mass is 9.84. The Morgan fingerprint density at radius 3 is 2.41 bits per heavy atom. The molecule has 44 heavy (non-hydrogen) atoms. The number of halogens is 2. The average Bonchev–Trinajstić information content (AvgIpc) is 3.81. The molecule has 4 heterocycles. The molecule has 3 aromatic rings. The number of likely N-dealkylation sites (tertiary alicyclic amines) is 1. The van der Waals surface area contributed by atoms with E-state index in [1.807, 2.05) is 15.9 Å². The minimum Gasteiger partial charge on any atom is -0.342 e. The summed E-state index contributed by atoms with van der Waals surface area (Å²) in [4.78, 5) is 31.5. The van der Waals surface area contributed by atoms with Crippen molar-refractivity contribution in [1.29, 1.82) is 0 Å². The third-order valence-corrected chi connectivity index (χ3v) is 9.96. The first kappa shape index (κ1) is 28.8. The SMILES string of the molecule is CNC(=O)N1CCc2cc(C3CCN(C(=O)C4CC4)CC3)cc(N3CCCc4cc(-c5cnn(C)c5)c(C(F)F)cc43)c2C1. The number of urea groups is 1. The van der Waals surface area contributed by atoms with Crippen LogP contribution in [0.2, 0.25) is 0 Å². The molecule has 0 unspecified atom stereocenters. The van der Waals surface area contributed by atoms with E-state index in [0.717, 1.165) is 80.5 Å². The number of nitrogens with one attached hydrogen (secondary N) is 1. The van der Waals surface area contributed by atoms with Crippen LogP contribution >= 0.6 is 0 Å². The van der Waals surface area contributed by atoms with Crippen LogP contribution in [0.3, 0.4) is 0 Å². The molecule has 3 amide bonds. The lowest BCUT2D eigenvalue weighted by Crippen LogP contribution is -2.42. The van der Waals surface area contributed by atoms with Crippen LogP contribution in [0.1, 0.15) is 72.3 Å². The molecular weight excluding hydrogens is 562 g/mol. The predicted molar refractivity (Wildman–Crippen MR) is 165 cm³/mol. The van der Waals surface area contributed by atoms with Crippen LogP contribution in [-0.4, -0.2) is 64.7 Å². The quantitative estimate of drug-likeness (QED) is 0.394. The third kappa shape index (κ3) is 5.32. The Balaban J connectivity index is 1.28. The average molecular weight is 603 g/mol. The highest BCUT2D eigenvalue weighted by Crippen LogP contribution is 2.45. The first-order chi connectivity index (χ1) is 21.3. The number of nitrogens with zero attached hydrogens (tertiary/aromatic N) is 5. The molecular formula is C34H40F2N6O2. The molecule has 232 valence electrons. The van der Waals surface area contributed by atoms with Gasteiger partial charge in [-0.1, -0.05) is 6.07 Å². The number of aromatic nitrogens is 2. The van der Waals surface area contributed by atoms with E-state index >= 15 is 0 Å². The molecule has 8 nitrogen and oxygen atoms in total. The zero-order valence-electron chi connectivity index (χ0n) is 25.5. The summed E-state index contributed by atoms with van der Waals surface area (Å²) in [5.74, 6) is 0.878. The Hall–Kier alpha value is -3.95. The number of hydrogen-bond donors (Lipinski definition) is 1. The predicted octanol–water partition coefficient (Wildman–Crippen LogP) is 5.92. The Labute approximate surface area is 257 Å². The number of carbonyl (C=O) groups is 2. The molecule has 0 bridgehead atoms. The van der Waals surface area contributed by atoms with Gasteiger partial charge in [-0.25, -0.2) is 13.6 Å². The third-order valence-electron chi connectivity index (χ3n) is 9.96. The Bertz CT molecular complexity index is 1590. The molecule has 1 aromatic heterocycles. The van der Waals surface area contributed by atoms with Crippen molar-refractivity contribution in [2.45, 2.75) is 63.8 Å². The van der Waals surface area contributed by atoms with Crippen molar-refractivity contribution in [3.8, 4) is 11.1 Å². The van der Waals surface area contributed by atoms with Gasteiger partial charge in [0.05, 0.1) is 6.20 Å². The molecule has 3 aliphatic heterocycles. The molecule has 1 N–H and O–H groups in total. The summed E-state index contributed by atoms with van der Waals surface area (Å²) >= 11 is 0. The Morgan fingerprint density at radius 2 is 1.73 bits per heavy atom. The van der Waals surface area contributed by atoms with Gasteiger partial charge in [0.15, 0.2) is 0 Å². The van der Waals surface area contributed by atoms with Crippen molar-refractivity contribution in [3.63, 3.8) is 0 Å². The fraction of sp³-hybridized carbons (Fsp3) is 0.500. The monoisotopic (exact) mass is 602 g/mol. The van der Waals surface area contributed by atoms with E-state index in [4.69, 9.17) is 0 Å². The van der Waals surface area contributed by atoms with E-state index in [9.17, 15) is 18.4 Å². The van der Waals surface area contributed by atoms with Crippen molar-refractivity contribution < 1.29 is 18.4 Å². The van der Waals surface area contributed by atoms with E-state index in [1.54, 1.807) is 37.2 Å². The van der Waals surface area contributed by atoms with E-state index in [-0.39, 0.29) is 17.5 Å². The second-order valence-corrected chi connectivity index (χ2v) is 12.8. The molecule has 10 heteroatoms. The van der Waals surface area contributed by atoms with Gasteiger partial charge in [0.25, 0.3) is 6.43 Å². The Morgan fingerprint density at radius 1 is 0.932 bits per heavy atom. The number of anilines is 2. The van der Waals surface area contributed by atoms with Crippen molar-refractivity contribution in [2.24, 2.45) is 13.0 Å². The summed E-state index contributed by atoms with van der Waals surface area (Å²) in [5.41, 5.74) is 7.67. The number of fused-ring (bicyclic) bond motifs is 2. The second kappa shape index (κ2) is 11.5. The van der Waals surface area contributed by atoms with Crippen LogP contribution in [0.25, 0.3) is 11.1 Å². The zero-order valence-corrected chi connectivity index (χ0v) is 25.5. The number of amides is 3. The number of rotatable bonds is 5. The molecule has 2 fully saturated rings. The fourth-order valence-electron chi connectivity index (χ4n) is 7.39. The van der Waals surface area contributed by atoms with E-state index in [0.29, 0.717) is 42.6 Å². The largest absolute Gasteiger partial charge is 0.342 e. The molecule has 0 radical (unpaired) electrons. The van der Waals surface area contributed by atoms with Gasteiger partial charge in [0.2, 0.25) is 5.91 Å². The topological polar surface area (TPSA) is 73.7 Å². The van der Waals surface area contributed by atoms with E-state index in [2.05, 4.69) is 27.4 Å². The number of piperidine rings is 1. The molecule has 1 saturated heterocycles. The van der Waals surface area contributed by atoms with Crippen molar-refractivity contribution in [1.82, 2.24) is 24.9 Å². The van der Waals surface area contributed by atoms with E-state index in [1.165, 1.54) is 11.1 Å². The summed E-state index contributed by atoms with van der Waals surface area (Å²) in [5, 5.41) is 6.99. The van der Waals surface area contributed by atoms with Crippen LogP contribution in [0.15, 0.2) is 36.7 Å². The summed E-state index contributed by atoms with van der Waals surface area (Å²) in [6.45, 7) is 3.37. The lowest BCUT2D eigenvalue weighted by Gasteiger charge is -2.39. The van der Waals surface area contributed by atoms with E-state index < -0.39 is 6.43 Å². The van der Waals surface area contributed by atoms with Crippen molar-refractivity contribution >= 4 is 23.3 Å².